The number of nitrogens with one attached hydrogen (secondary N) is 1. The van der Waals surface area contributed by atoms with Gasteiger partial charge in [-0.1, -0.05) is 0 Å². The van der Waals surface area contributed by atoms with E-state index in [1.807, 2.05) is 6.92 Å². The Morgan fingerprint density at radius 1 is 1.27 bits per heavy atom. The Balaban J connectivity index is 1.40. The number of carbonyl (C=O) groups is 2. The molecule has 1 aromatic carbocycles. The number of benzene rings is 1. The lowest BCUT2D eigenvalue weighted by Gasteiger charge is -2.31. The minimum Gasteiger partial charge on any atom is -0.393 e. The first-order valence-electron chi connectivity index (χ1n) is 12.2. The summed E-state index contributed by atoms with van der Waals surface area (Å²) in [5.41, 5.74) is 5.46. The third kappa shape index (κ3) is 3.99. The molecule has 2 fully saturated rings. The van der Waals surface area contributed by atoms with Crippen LogP contribution >= 0.6 is 0 Å². The zero-order valence-corrected chi connectivity index (χ0v) is 19.9. The summed E-state index contributed by atoms with van der Waals surface area (Å²) in [5, 5.41) is 16.4. The van der Waals surface area contributed by atoms with E-state index in [1.165, 1.54) is 21.7 Å². The number of aliphatic hydroxyl groups excluding tert-OH is 1. The van der Waals surface area contributed by atoms with Gasteiger partial charge in [0.25, 0.3) is 11.8 Å². The molecule has 3 aliphatic rings. The van der Waals surface area contributed by atoms with Crippen LogP contribution in [0.15, 0.2) is 24.4 Å². The molecule has 0 bridgehead atoms. The SMILES string of the molecule is C[C@@H](C1CC1)N1Cc2cc(-c3ccn4nc(N)c(C(=O)NC5CC(O)C5)c4n3)cc(C(F)(F)F)c2C1=O. The third-order valence-electron chi connectivity index (χ3n) is 7.62. The number of aliphatic hydroxyl groups is 1. The fourth-order valence-electron chi connectivity index (χ4n) is 5.30. The molecule has 0 radical (unpaired) electrons. The van der Waals surface area contributed by atoms with Gasteiger partial charge in [0.15, 0.2) is 11.5 Å². The summed E-state index contributed by atoms with van der Waals surface area (Å²) in [7, 11) is 0. The summed E-state index contributed by atoms with van der Waals surface area (Å²) in [6, 6.07) is 3.66. The van der Waals surface area contributed by atoms with Gasteiger partial charge in [0.05, 0.1) is 22.9 Å². The Labute approximate surface area is 209 Å². The first-order valence-corrected chi connectivity index (χ1v) is 12.2. The van der Waals surface area contributed by atoms with Crippen LogP contribution in [-0.4, -0.2) is 54.6 Å². The van der Waals surface area contributed by atoms with Gasteiger partial charge in [-0.15, -0.1) is 5.10 Å². The number of carbonyl (C=O) groups excluding carboxylic acids is 2. The number of hydrogen-bond donors (Lipinski definition) is 3. The molecule has 0 spiro atoms. The molecule has 2 aliphatic carbocycles. The van der Waals surface area contributed by atoms with Crippen molar-refractivity contribution in [2.45, 2.75) is 63.5 Å². The van der Waals surface area contributed by atoms with E-state index in [0.29, 0.717) is 24.3 Å². The second kappa shape index (κ2) is 8.17. The molecule has 0 unspecified atom stereocenters. The van der Waals surface area contributed by atoms with Crippen molar-refractivity contribution in [3.63, 3.8) is 0 Å². The van der Waals surface area contributed by atoms with Gasteiger partial charge >= 0.3 is 6.18 Å². The van der Waals surface area contributed by atoms with Gasteiger partial charge in [-0.2, -0.15) is 13.2 Å². The van der Waals surface area contributed by atoms with E-state index in [0.717, 1.165) is 18.9 Å². The average Bonchev–Trinajstić information content (AvgIpc) is 3.54. The van der Waals surface area contributed by atoms with Gasteiger partial charge in [0, 0.05) is 30.4 Å². The molecule has 1 atom stereocenters. The van der Waals surface area contributed by atoms with E-state index in [4.69, 9.17) is 5.73 Å². The molecular formula is C25H25F3N6O3. The lowest BCUT2D eigenvalue weighted by atomic mass is 9.89. The molecule has 1 aliphatic heterocycles. The van der Waals surface area contributed by atoms with Crippen molar-refractivity contribution >= 4 is 23.3 Å². The fourth-order valence-corrected chi connectivity index (χ4v) is 5.30. The van der Waals surface area contributed by atoms with Crippen molar-refractivity contribution < 1.29 is 27.9 Å². The summed E-state index contributed by atoms with van der Waals surface area (Å²) in [6.45, 7) is 1.98. The largest absolute Gasteiger partial charge is 0.417 e. The van der Waals surface area contributed by atoms with Crippen molar-refractivity contribution in [3.05, 3.63) is 46.6 Å². The van der Waals surface area contributed by atoms with Crippen molar-refractivity contribution in [2.75, 3.05) is 5.73 Å². The maximum Gasteiger partial charge on any atom is 0.417 e. The number of hydrogen-bond acceptors (Lipinski definition) is 6. The van der Waals surface area contributed by atoms with Crippen LogP contribution in [0, 0.1) is 5.92 Å². The maximum atomic E-state index is 14.1. The highest BCUT2D eigenvalue weighted by molar-refractivity contribution is 6.04. The van der Waals surface area contributed by atoms with Gasteiger partial charge in [-0.05, 0) is 62.3 Å². The summed E-state index contributed by atoms with van der Waals surface area (Å²) < 4.78 is 43.7. The van der Waals surface area contributed by atoms with Crippen LogP contribution in [0.3, 0.4) is 0 Å². The quantitative estimate of drug-likeness (QED) is 0.481. The molecule has 194 valence electrons. The monoisotopic (exact) mass is 514 g/mol. The molecule has 12 heteroatoms. The Bertz CT molecular complexity index is 1440. The molecule has 6 rings (SSSR count). The number of nitrogens with zero attached hydrogens (tertiary/aromatic N) is 4. The normalized spacial score (nSPS) is 22.2. The molecule has 37 heavy (non-hydrogen) atoms. The van der Waals surface area contributed by atoms with E-state index in [-0.39, 0.29) is 52.5 Å². The first-order chi connectivity index (χ1) is 17.5. The molecule has 2 amide bonds. The summed E-state index contributed by atoms with van der Waals surface area (Å²) in [4.78, 5) is 31.9. The minimum atomic E-state index is -4.74. The molecule has 9 nitrogen and oxygen atoms in total. The van der Waals surface area contributed by atoms with Gasteiger partial charge in [-0.3, -0.25) is 9.59 Å². The molecule has 4 N–H and O–H groups in total. The second-order valence-corrected chi connectivity index (χ2v) is 10.2. The van der Waals surface area contributed by atoms with Gasteiger partial charge < -0.3 is 21.1 Å². The zero-order valence-electron chi connectivity index (χ0n) is 19.9. The highest BCUT2D eigenvalue weighted by Crippen LogP contribution is 2.43. The lowest BCUT2D eigenvalue weighted by Crippen LogP contribution is -2.46. The van der Waals surface area contributed by atoms with Crippen molar-refractivity contribution in [2.24, 2.45) is 5.92 Å². The van der Waals surface area contributed by atoms with Crippen molar-refractivity contribution in [1.29, 1.82) is 0 Å². The summed E-state index contributed by atoms with van der Waals surface area (Å²) in [5.74, 6) is -0.868. The first kappa shape index (κ1) is 23.7. The number of anilines is 1. The summed E-state index contributed by atoms with van der Waals surface area (Å²) >= 11 is 0. The van der Waals surface area contributed by atoms with Crippen LogP contribution in [0.1, 0.15) is 64.4 Å². The van der Waals surface area contributed by atoms with Gasteiger partial charge in [0.2, 0.25) is 0 Å². The maximum absolute atomic E-state index is 14.1. The Morgan fingerprint density at radius 2 is 2.00 bits per heavy atom. The molecule has 3 heterocycles. The number of nitrogen functional groups attached to an aromatic ring is 1. The minimum absolute atomic E-state index is 0.0139. The standard InChI is InChI=1S/C25H25F3N6O3/c1-11(12-2-3-12)33-10-14-6-13(7-17(25(26,27)28)19(14)24(33)37)18-4-5-34-22(31-18)20(21(29)32-34)23(36)30-15-8-16(35)9-15/h4-7,11-12,15-16,35H,2-3,8-10H2,1H3,(H2,29,32)(H,30,36)/t11-,15?,16?/m0/s1. The molecular weight excluding hydrogens is 489 g/mol. The van der Waals surface area contributed by atoms with Crippen LogP contribution < -0.4 is 11.1 Å². The van der Waals surface area contributed by atoms with Crippen LogP contribution in [0.5, 0.6) is 0 Å². The van der Waals surface area contributed by atoms with Gasteiger partial charge in [-0.25, -0.2) is 9.50 Å². The topological polar surface area (TPSA) is 126 Å². The molecule has 2 saturated carbocycles. The predicted octanol–water partition coefficient (Wildman–Crippen LogP) is 3.00. The molecule has 3 aromatic rings. The Kier molecular flexibility index (Phi) is 5.23. The van der Waals surface area contributed by atoms with Crippen LogP contribution in [0.25, 0.3) is 16.9 Å². The van der Waals surface area contributed by atoms with Crippen LogP contribution in [0.4, 0.5) is 19.0 Å². The van der Waals surface area contributed by atoms with E-state index >= 15 is 0 Å². The number of halogens is 3. The van der Waals surface area contributed by atoms with E-state index in [2.05, 4.69) is 15.4 Å². The average molecular weight is 515 g/mol. The van der Waals surface area contributed by atoms with Crippen LogP contribution in [0.2, 0.25) is 0 Å². The number of aromatic nitrogens is 3. The van der Waals surface area contributed by atoms with Crippen molar-refractivity contribution in [3.8, 4) is 11.3 Å². The van der Waals surface area contributed by atoms with E-state index in [9.17, 15) is 27.9 Å². The molecule has 2 aromatic heterocycles. The predicted molar refractivity (Wildman–Crippen MR) is 126 cm³/mol. The van der Waals surface area contributed by atoms with Crippen molar-refractivity contribution in [1.82, 2.24) is 24.8 Å². The second-order valence-electron chi connectivity index (χ2n) is 10.2. The fraction of sp³-hybridized carbons (Fsp3) is 0.440. The number of rotatable bonds is 5. The lowest BCUT2D eigenvalue weighted by molar-refractivity contribution is -0.137. The third-order valence-corrected chi connectivity index (χ3v) is 7.62. The Morgan fingerprint density at radius 3 is 2.65 bits per heavy atom. The number of fused-ring (bicyclic) bond motifs is 2. The van der Waals surface area contributed by atoms with E-state index < -0.39 is 29.7 Å². The molecule has 0 saturated heterocycles. The smallest absolute Gasteiger partial charge is 0.393 e. The highest BCUT2D eigenvalue weighted by Gasteiger charge is 2.44. The zero-order chi connectivity index (χ0) is 26.2. The highest BCUT2D eigenvalue weighted by atomic mass is 19.4. The van der Waals surface area contributed by atoms with Crippen LogP contribution in [-0.2, 0) is 12.7 Å². The number of alkyl halides is 3. The van der Waals surface area contributed by atoms with Gasteiger partial charge in [0.1, 0.15) is 5.56 Å². The van der Waals surface area contributed by atoms with E-state index in [1.54, 1.807) is 6.07 Å². The number of amides is 2. The summed E-state index contributed by atoms with van der Waals surface area (Å²) in [6.07, 6.45) is -0.942. The number of nitrogens with two attached hydrogens (primary N) is 1. The Hall–Kier alpha value is -3.67.